The Hall–Kier alpha value is -3.34. The van der Waals surface area contributed by atoms with E-state index in [0.717, 1.165) is 12.1 Å². The summed E-state index contributed by atoms with van der Waals surface area (Å²) in [5.41, 5.74) is -0.146. The average molecular weight is 479 g/mol. The molecule has 1 N–H and O–H groups in total. The van der Waals surface area contributed by atoms with E-state index in [1.807, 2.05) is 0 Å². The number of halogens is 3. The summed E-state index contributed by atoms with van der Waals surface area (Å²) in [5, 5.41) is 14.5. The minimum atomic E-state index is -4.52. The molecule has 33 heavy (non-hydrogen) atoms. The van der Waals surface area contributed by atoms with Crippen molar-refractivity contribution in [2.75, 3.05) is 11.4 Å². The lowest BCUT2D eigenvalue weighted by molar-refractivity contribution is -0.140. The van der Waals surface area contributed by atoms with Crippen LogP contribution in [0, 0.1) is 6.92 Å². The van der Waals surface area contributed by atoms with Gasteiger partial charge in [-0.3, -0.25) is 0 Å². The molecule has 1 aromatic heterocycles. The number of aromatic nitrogens is 2. The largest absolute Gasteiger partial charge is 0.479 e. The van der Waals surface area contributed by atoms with E-state index in [-0.39, 0.29) is 35.8 Å². The molecule has 0 unspecified atom stereocenters. The number of sulfone groups is 1. The van der Waals surface area contributed by atoms with Gasteiger partial charge in [0.1, 0.15) is 5.82 Å². The third-order valence-corrected chi connectivity index (χ3v) is 8.08. The maximum absolute atomic E-state index is 13.6. The molecular formula is C22H20F3N3O4S. The van der Waals surface area contributed by atoms with Gasteiger partial charge in [0.15, 0.2) is 0 Å². The summed E-state index contributed by atoms with van der Waals surface area (Å²) in [6.07, 6.45) is -4.38. The van der Waals surface area contributed by atoms with Crippen LogP contribution in [0.3, 0.4) is 0 Å². The maximum atomic E-state index is 13.6. The maximum Gasteiger partial charge on any atom is 0.416 e. The number of carboxylic acid groups (broad SMARTS) is 1. The Labute approximate surface area is 188 Å². The molecule has 1 aliphatic rings. The Morgan fingerprint density at radius 3 is 2.30 bits per heavy atom. The summed E-state index contributed by atoms with van der Waals surface area (Å²) in [5.74, 6) is -1.35. The lowest BCUT2D eigenvalue weighted by Gasteiger charge is -2.35. The molecule has 0 bridgehead atoms. The number of aliphatic carboxylic acids is 1. The van der Waals surface area contributed by atoms with Crippen molar-refractivity contribution in [1.29, 1.82) is 0 Å². The lowest BCUT2D eigenvalue weighted by Crippen LogP contribution is -2.57. The van der Waals surface area contributed by atoms with Crippen molar-refractivity contribution in [2.24, 2.45) is 0 Å². The molecule has 0 spiro atoms. The van der Waals surface area contributed by atoms with Crippen LogP contribution in [0.5, 0.6) is 0 Å². The van der Waals surface area contributed by atoms with Gasteiger partial charge < -0.3 is 10.0 Å². The minimum Gasteiger partial charge on any atom is -0.479 e. The van der Waals surface area contributed by atoms with Crippen molar-refractivity contribution < 1.29 is 31.5 Å². The Kier molecular flexibility index (Phi) is 5.47. The van der Waals surface area contributed by atoms with Crippen LogP contribution in [0.1, 0.15) is 24.1 Å². The fourth-order valence-electron chi connectivity index (χ4n) is 4.16. The number of carboxylic acids is 1. The number of anilines is 1. The second kappa shape index (κ2) is 7.91. The highest BCUT2D eigenvalue weighted by molar-refractivity contribution is 7.93. The molecule has 3 aromatic rings. The molecule has 1 atom stereocenters. The highest BCUT2D eigenvalue weighted by Gasteiger charge is 2.59. The highest BCUT2D eigenvalue weighted by Crippen LogP contribution is 2.42. The Morgan fingerprint density at radius 1 is 1.09 bits per heavy atom. The summed E-state index contributed by atoms with van der Waals surface area (Å²) in [6.45, 7) is 1.75. The van der Waals surface area contributed by atoms with Gasteiger partial charge in [-0.1, -0.05) is 18.2 Å². The predicted molar refractivity (Wildman–Crippen MR) is 114 cm³/mol. The molecule has 1 aliphatic heterocycles. The van der Waals surface area contributed by atoms with Crippen molar-refractivity contribution in [3.63, 3.8) is 0 Å². The zero-order valence-electron chi connectivity index (χ0n) is 17.5. The van der Waals surface area contributed by atoms with Crippen LogP contribution in [0.2, 0.25) is 0 Å². The molecular weight excluding hydrogens is 459 g/mol. The highest BCUT2D eigenvalue weighted by atomic mass is 32.2. The Balaban J connectivity index is 1.86. The first-order valence-electron chi connectivity index (χ1n) is 10.0. The summed E-state index contributed by atoms with van der Waals surface area (Å²) < 4.78 is 67.4. The zero-order valence-corrected chi connectivity index (χ0v) is 18.3. The van der Waals surface area contributed by atoms with E-state index >= 15 is 0 Å². The first-order chi connectivity index (χ1) is 15.5. The van der Waals surface area contributed by atoms with Crippen LogP contribution < -0.4 is 4.90 Å². The van der Waals surface area contributed by atoms with Gasteiger partial charge >= 0.3 is 12.1 Å². The Morgan fingerprint density at radius 2 is 1.73 bits per heavy atom. The Bertz CT molecular complexity index is 1290. The molecule has 1 fully saturated rings. The third-order valence-electron chi connectivity index (χ3n) is 5.69. The van der Waals surface area contributed by atoms with Gasteiger partial charge in [-0.05, 0) is 56.2 Å². The number of nitrogens with zero attached hydrogens (tertiary/aromatic N) is 3. The van der Waals surface area contributed by atoms with E-state index in [1.54, 1.807) is 13.0 Å². The third kappa shape index (κ3) is 3.65. The molecule has 7 nitrogen and oxygen atoms in total. The van der Waals surface area contributed by atoms with Crippen LogP contribution in [0.25, 0.3) is 5.69 Å². The van der Waals surface area contributed by atoms with Crippen molar-refractivity contribution in [3.8, 4) is 5.69 Å². The summed E-state index contributed by atoms with van der Waals surface area (Å²) in [7, 11) is -4.38. The molecule has 4 rings (SSSR count). The first-order valence-corrected chi connectivity index (χ1v) is 11.5. The van der Waals surface area contributed by atoms with E-state index in [1.165, 1.54) is 52.0 Å². The SMILES string of the molecule is Cc1cc(N2CCC[C@@]2(C(=O)O)S(=O)(=O)c2ccccc2)n(-c2ccc(C(F)(F)F)cc2)n1. The average Bonchev–Trinajstić information content (AvgIpc) is 3.38. The second-order valence-corrected chi connectivity index (χ2v) is 9.92. The standard InChI is InChI=1S/C22H20F3N3O4S/c1-15-14-19(28(26-15)17-10-8-16(9-11-17)22(23,24)25)27-13-5-12-21(27,20(29)30)33(31,32)18-6-3-2-4-7-18/h2-4,6-11,14H,5,12-13H2,1H3,(H,29,30)/t21-/m0/s1. The molecule has 0 radical (unpaired) electrons. The molecule has 11 heteroatoms. The smallest absolute Gasteiger partial charge is 0.416 e. The molecule has 174 valence electrons. The van der Waals surface area contributed by atoms with Crippen LogP contribution in [-0.2, 0) is 20.8 Å². The monoisotopic (exact) mass is 479 g/mol. The van der Waals surface area contributed by atoms with Gasteiger partial charge in [0, 0.05) is 12.6 Å². The number of hydrogen-bond donors (Lipinski definition) is 1. The van der Waals surface area contributed by atoms with Crippen LogP contribution >= 0.6 is 0 Å². The molecule has 0 amide bonds. The number of alkyl halides is 3. The van der Waals surface area contributed by atoms with Crippen LogP contribution in [0.4, 0.5) is 19.0 Å². The van der Waals surface area contributed by atoms with E-state index in [4.69, 9.17) is 0 Å². The van der Waals surface area contributed by atoms with E-state index in [0.29, 0.717) is 5.69 Å². The zero-order chi connectivity index (χ0) is 24.0. The number of rotatable bonds is 5. The van der Waals surface area contributed by atoms with Crippen LogP contribution in [-0.4, -0.2) is 40.7 Å². The summed E-state index contributed by atoms with van der Waals surface area (Å²) >= 11 is 0. The summed E-state index contributed by atoms with van der Waals surface area (Å²) in [6, 6.07) is 13.1. The van der Waals surface area contributed by atoms with E-state index in [9.17, 15) is 31.5 Å². The van der Waals surface area contributed by atoms with Crippen molar-refractivity contribution in [1.82, 2.24) is 9.78 Å². The van der Waals surface area contributed by atoms with Crippen molar-refractivity contribution >= 4 is 21.6 Å². The fraction of sp³-hybridized carbons (Fsp3) is 0.273. The number of hydrogen-bond acceptors (Lipinski definition) is 5. The van der Waals surface area contributed by atoms with Gasteiger partial charge in [-0.25, -0.2) is 17.9 Å². The van der Waals surface area contributed by atoms with Gasteiger partial charge in [-0.15, -0.1) is 0 Å². The first kappa shape index (κ1) is 22.8. The minimum absolute atomic E-state index is 0.115. The van der Waals surface area contributed by atoms with Gasteiger partial charge in [0.05, 0.1) is 21.8 Å². The van der Waals surface area contributed by atoms with Gasteiger partial charge in [0.25, 0.3) is 0 Å². The van der Waals surface area contributed by atoms with E-state index < -0.39 is 32.4 Å². The second-order valence-electron chi connectivity index (χ2n) is 7.76. The summed E-state index contributed by atoms with van der Waals surface area (Å²) in [4.78, 5) is 11.4. The van der Waals surface area contributed by atoms with Crippen molar-refractivity contribution in [2.45, 2.75) is 35.7 Å². The molecule has 1 saturated heterocycles. The lowest BCUT2D eigenvalue weighted by atomic mass is 10.2. The predicted octanol–water partition coefficient (Wildman–Crippen LogP) is 4.05. The molecule has 0 aliphatic carbocycles. The number of benzene rings is 2. The van der Waals surface area contributed by atoms with Crippen LogP contribution in [0.15, 0.2) is 65.6 Å². The van der Waals surface area contributed by atoms with E-state index in [2.05, 4.69) is 5.10 Å². The molecule has 0 saturated carbocycles. The molecule has 2 aromatic carbocycles. The quantitative estimate of drug-likeness (QED) is 0.594. The van der Waals surface area contributed by atoms with Crippen molar-refractivity contribution in [3.05, 3.63) is 71.9 Å². The van der Waals surface area contributed by atoms with Gasteiger partial charge in [-0.2, -0.15) is 18.3 Å². The number of carbonyl (C=O) groups is 1. The topological polar surface area (TPSA) is 92.5 Å². The number of aryl methyl sites for hydroxylation is 1. The fourth-order valence-corrected chi connectivity index (χ4v) is 6.19. The normalized spacial score (nSPS) is 19.1. The van der Waals surface area contributed by atoms with Gasteiger partial charge in [0.2, 0.25) is 14.7 Å². The molecule has 2 heterocycles.